The van der Waals surface area contributed by atoms with Crippen molar-refractivity contribution in [3.63, 3.8) is 0 Å². The number of anilines is 1. The summed E-state index contributed by atoms with van der Waals surface area (Å²) in [5.41, 5.74) is 6.33. The molecular formula is C16H26ClNOS. The monoisotopic (exact) mass is 315 g/mol. The topological polar surface area (TPSA) is 43.1 Å². The van der Waals surface area contributed by atoms with Gasteiger partial charge in [0.2, 0.25) is 0 Å². The number of nitrogen functional groups attached to an aromatic ring is 1. The molecule has 1 atom stereocenters. The summed E-state index contributed by atoms with van der Waals surface area (Å²) in [4.78, 5) is 0.676. The summed E-state index contributed by atoms with van der Waals surface area (Å²) in [5.74, 6) is 0.679. The van der Waals surface area contributed by atoms with E-state index in [2.05, 4.69) is 6.92 Å². The molecule has 1 rings (SSSR count). The molecule has 0 spiro atoms. The predicted molar refractivity (Wildman–Crippen MR) is 89.7 cm³/mol. The highest BCUT2D eigenvalue weighted by molar-refractivity contribution is 7.85. The molecule has 4 heteroatoms. The van der Waals surface area contributed by atoms with Crippen molar-refractivity contribution in [2.75, 3.05) is 11.5 Å². The summed E-state index contributed by atoms with van der Waals surface area (Å²) in [6.45, 7) is 2.23. The molecule has 0 amide bonds. The first kappa shape index (κ1) is 17.5. The van der Waals surface area contributed by atoms with Gasteiger partial charge in [0, 0.05) is 11.4 Å². The third kappa shape index (κ3) is 6.76. The maximum atomic E-state index is 12.2. The van der Waals surface area contributed by atoms with Crippen LogP contribution in [0.5, 0.6) is 0 Å². The van der Waals surface area contributed by atoms with E-state index in [0.717, 1.165) is 12.8 Å². The van der Waals surface area contributed by atoms with Crippen molar-refractivity contribution in [3.8, 4) is 0 Å². The molecule has 1 aromatic carbocycles. The number of unbranched alkanes of at least 4 members (excludes halogenated alkanes) is 7. The van der Waals surface area contributed by atoms with Crippen LogP contribution in [0.15, 0.2) is 23.1 Å². The first-order chi connectivity index (χ1) is 9.65. The van der Waals surface area contributed by atoms with E-state index in [1.54, 1.807) is 18.2 Å². The van der Waals surface area contributed by atoms with Crippen molar-refractivity contribution in [1.82, 2.24) is 0 Å². The lowest BCUT2D eigenvalue weighted by Crippen LogP contribution is -2.00. The van der Waals surface area contributed by atoms with Crippen molar-refractivity contribution in [3.05, 3.63) is 23.2 Å². The molecule has 0 saturated carbocycles. The van der Waals surface area contributed by atoms with E-state index >= 15 is 0 Å². The lowest BCUT2D eigenvalue weighted by atomic mass is 10.1. The maximum absolute atomic E-state index is 12.2. The SMILES string of the molecule is CCCCCCCCCCS(=O)c1cc(N)ccc1Cl. The molecule has 0 aliphatic rings. The summed E-state index contributed by atoms with van der Waals surface area (Å²) in [6.07, 6.45) is 10.00. The number of benzene rings is 1. The van der Waals surface area contributed by atoms with Crippen molar-refractivity contribution in [2.24, 2.45) is 0 Å². The Bertz CT molecular complexity index is 423. The van der Waals surface area contributed by atoms with E-state index in [-0.39, 0.29) is 0 Å². The van der Waals surface area contributed by atoms with Crippen molar-refractivity contribution < 1.29 is 4.21 Å². The average molecular weight is 316 g/mol. The zero-order valence-electron chi connectivity index (χ0n) is 12.4. The minimum absolute atomic E-state index is 0.553. The van der Waals surface area contributed by atoms with Gasteiger partial charge in [-0.2, -0.15) is 0 Å². The molecular weight excluding hydrogens is 290 g/mol. The normalized spacial score (nSPS) is 12.5. The summed E-state index contributed by atoms with van der Waals surface area (Å²) in [6, 6.07) is 5.18. The molecule has 0 aromatic heterocycles. The fourth-order valence-corrected chi connectivity index (χ4v) is 3.79. The molecule has 0 bridgehead atoms. The van der Waals surface area contributed by atoms with Crippen molar-refractivity contribution in [2.45, 2.75) is 63.2 Å². The third-order valence-corrected chi connectivity index (χ3v) is 5.31. The number of halogens is 1. The van der Waals surface area contributed by atoms with Gasteiger partial charge in [-0.15, -0.1) is 0 Å². The zero-order valence-corrected chi connectivity index (χ0v) is 13.9. The highest BCUT2D eigenvalue weighted by Gasteiger charge is 2.08. The van der Waals surface area contributed by atoms with Gasteiger partial charge in [-0.25, -0.2) is 0 Å². The van der Waals surface area contributed by atoms with Gasteiger partial charge in [0.05, 0.1) is 20.7 Å². The van der Waals surface area contributed by atoms with Gasteiger partial charge in [-0.05, 0) is 24.6 Å². The standard InChI is InChI=1S/C16H26ClNOS/c1-2-3-4-5-6-7-8-9-12-20(19)16-13-14(18)10-11-15(16)17/h10-11,13H,2-9,12,18H2,1H3. The molecule has 2 nitrogen and oxygen atoms in total. The van der Waals surface area contributed by atoms with Gasteiger partial charge in [0.1, 0.15) is 0 Å². The predicted octanol–water partition coefficient (Wildman–Crippen LogP) is 5.17. The molecule has 20 heavy (non-hydrogen) atoms. The lowest BCUT2D eigenvalue weighted by Gasteiger charge is -2.06. The smallest absolute Gasteiger partial charge is 0.0594 e. The maximum Gasteiger partial charge on any atom is 0.0594 e. The average Bonchev–Trinajstić information content (AvgIpc) is 2.44. The van der Waals surface area contributed by atoms with Crippen LogP contribution in [0.3, 0.4) is 0 Å². The van der Waals surface area contributed by atoms with Gasteiger partial charge in [0.25, 0.3) is 0 Å². The van der Waals surface area contributed by atoms with E-state index in [0.29, 0.717) is 21.4 Å². The molecule has 0 fully saturated rings. The summed E-state index contributed by atoms with van der Waals surface area (Å²) >= 11 is 6.05. The Morgan fingerprint density at radius 3 is 2.30 bits per heavy atom. The molecule has 0 aliphatic heterocycles. The van der Waals surface area contributed by atoms with Gasteiger partial charge in [-0.1, -0.05) is 63.5 Å². The van der Waals surface area contributed by atoms with Crippen LogP contribution < -0.4 is 5.73 Å². The van der Waals surface area contributed by atoms with Crippen LogP contribution in [0.4, 0.5) is 5.69 Å². The minimum atomic E-state index is -1.03. The number of hydrogen-bond acceptors (Lipinski definition) is 2. The van der Waals surface area contributed by atoms with Crippen LogP contribution in [-0.2, 0) is 10.8 Å². The van der Waals surface area contributed by atoms with Gasteiger partial charge < -0.3 is 5.73 Å². The highest BCUT2D eigenvalue weighted by atomic mass is 35.5. The minimum Gasteiger partial charge on any atom is -0.399 e. The van der Waals surface area contributed by atoms with Crippen LogP contribution in [0.2, 0.25) is 5.02 Å². The fraction of sp³-hybridized carbons (Fsp3) is 0.625. The number of nitrogens with two attached hydrogens (primary N) is 1. The molecule has 0 aliphatic carbocycles. The molecule has 1 aromatic rings. The van der Waals surface area contributed by atoms with Crippen LogP contribution >= 0.6 is 11.6 Å². The van der Waals surface area contributed by atoms with E-state index in [1.807, 2.05) is 0 Å². The Labute approximate surface area is 130 Å². The Kier molecular flexibility index (Phi) is 8.95. The number of rotatable bonds is 10. The van der Waals surface area contributed by atoms with Crippen molar-refractivity contribution in [1.29, 1.82) is 0 Å². The van der Waals surface area contributed by atoms with E-state index in [1.165, 1.54) is 38.5 Å². The van der Waals surface area contributed by atoms with Crippen LogP contribution in [0, 0.1) is 0 Å². The number of hydrogen-bond donors (Lipinski definition) is 1. The summed E-state index contributed by atoms with van der Waals surface area (Å²) in [7, 11) is -1.03. The fourth-order valence-electron chi connectivity index (χ4n) is 2.17. The van der Waals surface area contributed by atoms with Gasteiger partial charge in [0.15, 0.2) is 0 Å². The summed E-state index contributed by atoms with van der Waals surface area (Å²) in [5, 5.41) is 0.553. The molecule has 0 saturated heterocycles. The first-order valence-corrected chi connectivity index (χ1v) is 9.28. The second-order valence-corrected chi connectivity index (χ2v) is 7.16. The first-order valence-electron chi connectivity index (χ1n) is 7.58. The van der Waals surface area contributed by atoms with Gasteiger partial charge >= 0.3 is 0 Å². The highest BCUT2D eigenvalue weighted by Crippen LogP contribution is 2.23. The lowest BCUT2D eigenvalue weighted by molar-refractivity contribution is 0.584. The quantitative estimate of drug-likeness (QED) is 0.478. The molecule has 114 valence electrons. The Morgan fingerprint density at radius 1 is 1.05 bits per heavy atom. The van der Waals surface area contributed by atoms with E-state index < -0.39 is 10.8 Å². The third-order valence-electron chi connectivity index (χ3n) is 3.38. The molecule has 0 heterocycles. The van der Waals surface area contributed by atoms with Gasteiger partial charge in [-0.3, -0.25) is 4.21 Å². The largest absolute Gasteiger partial charge is 0.399 e. The molecule has 0 radical (unpaired) electrons. The Balaban J connectivity index is 2.18. The second-order valence-electron chi connectivity index (χ2n) is 5.21. The van der Waals surface area contributed by atoms with E-state index in [9.17, 15) is 4.21 Å². The van der Waals surface area contributed by atoms with Crippen molar-refractivity contribution >= 4 is 28.1 Å². The zero-order chi connectivity index (χ0) is 14.8. The Hall–Kier alpha value is -0.540. The summed E-state index contributed by atoms with van der Waals surface area (Å²) < 4.78 is 12.2. The van der Waals surface area contributed by atoms with Crippen LogP contribution in [-0.4, -0.2) is 9.96 Å². The second kappa shape index (κ2) is 10.2. The van der Waals surface area contributed by atoms with Crippen LogP contribution in [0.25, 0.3) is 0 Å². The molecule has 2 N–H and O–H groups in total. The molecule has 1 unspecified atom stereocenters. The van der Waals surface area contributed by atoms with Crippen LogP contribution in [0.1, 0.15) is 58.3 Å². The van der Waals surface area contributed by atoms with E-state index in [4.69, 9.17) is 17.3 Å². The Morgan fingerprint density at radius 2 is 1.65 bits per heavy atom.